The molecule has 1 aliphatic rings. The molecule has 1 amide bonds. The molecule has 1 saturated carbocycles. The summed E-state index contributed by atoms with van der Waals surface area (Å²) < 4.78 is 9.65. The summed E-state index contributed by atoms with van der Waals surface area (Å²) >= 11 is 6.21. The van der Waals surface area contributed by atoms with Crippen LogP contribution >= 0.6 is 11.6 Å². The highest BCUT2D eigenvalue weighted by Gasteiger charge is 2.25. The first kappa shape index (κ1) is 26.8. The first-order valence-electron chi connectivity index (χ1n) is 13.2. The Morgan fingerprint density at radius 2 is 2.00 bits per heavy atom. The van der Waals surface area contributed by atoms with Gasteiger partial charge in [0.25, 0.3) is 5.91 Å². The van der Waals surface area contributed by atoms with Gasteiger partial charge in [0.05, 0.1) is 17.3 Å². The van der Waals surface area contributed by atoms with Gasteiger partial charge < -0.3 is 20.4 Å². The minimum absolute atomic E-state index is 0.106. The van der Waals surface area contributed by atoms with Gasteiger partial charge in [-0.05, 0) is 49.9 Å². The maximum atomic E-state index is 13.5. The summed E-state index contributed by atoms with van der Waals surface area (Å²) in [6, 6.07) is 7.04. The summed E-state index contributed by atoms with van der Waals surface area (Å²) in [7, 11) is 0.659. The number of hydrogen-bond acceptors (Lipinski definition) is 6. The molecule has 9 nitrogen and oxygen atoms in total. The fourth-order valence-electron chi connectivity index (χ4n) is 4.92. The molecule has 0 saturated heterocycles. The van der Waals surface area contributed by atoms with Crippen LogP contribution in [0.4, 0.5) is 0 Å². The summed E-state index contributed by atoms with van der Waals surface area (Å²) in [6.07, 6.45) is 7.11. The second-order valence-corrected chi connectivity index (χ2v) is 17.6. The van der Waals surface area contributed by atoms with Crippen molar-refractivity contribution in [3.63, 3.8) is 0 Å². The molecular weight excluding hydrogens is 518 g/mol. The van der Waals surface area contributed by atoms with Crippen LogP contribution in [0.2, 0.25) is 30.7 Å². The zero-order valence-corrected chi connectivity index (χ0v) is 24.3. The van der Waals surface area contributed by atoms with Crippen molar-refractivity contribution in [3.8, 4) is 11.4 Å². The average Bonchev–Trinajstić information content (AvgIpc) is 3.40. The molecule has 4 aromatic rings. The zero-order valence-electron chi connectivity index (χ0n) is 22.5. The monoisotopic (exact) mass is 553 g/mol. The van der Waals surface area contributed by atoms with Crippen LogP contribution in [-0.4, -0.2) is 57.0 Å². The number of amides is 1. The number of nitrogens with one attached hydrogen (secondary N) is 1. The molecule has 3 N–H and O–H groups in total. The molecule has 0 atom stereocenters. The number of nitrogens with zero attached hydrogens (tertiary/aromatic N) is 5. The van der Waals surface area contributed by atoms with Crippen molar-refractivity contribution in [2.24, 2.45) is 12.8 Å². The van der Waals surface area contributed by atoms with Crippen LogP contribution in [0, 0.1) is 0 Å². The third-order valence-corrected chi connectivity index (χ3v) is 9.14. The molecule has 0 radical (unpaired) electrons. The molecule has 3 aromatic heterocycles. The Morgan fingerprint density at radius 1 is 1.24 bits per heavy atom. The molecule has 1 aromatic carbocycles. The highest BCUT2D eigenvalue weighted by molar-refractivity contribution is 6.76. The summed E-state index contributed by atoms with van der Waals surface area (Å²) in [5.41, 5.74) is 9.89. The molecule has 11 heteroatoms. The molecule has 3 heterocycles. The van der Waals surface area contributed by atoms with Gasteiger partial charge >= 0.3 is 0 Å². The smallest absolute Gasteiger partial charge is 0.255 e. The van der Waals surface area contributed by atoms with Crippen LogP contribution in [0.25, 0.3) is 33.5 Å². The largest absolute Gasteiger partial charge is 0.361 e. The molecule has 0 unspecified atom stereocenters. The summed E-state index contributed by atoms with van der Waals surface area (Å²) in [6.45, 7) is 7.96. The third kappa shape index (κ3) is 5.78. The topological polar surface area (TPSA) is 113 Å². The van der Waals surface area contributed by atoms with Crippen molar-refractivity contribution in [1.29, 1.82) is 0 Å². The van der Waals surface area contributed by atoms with Crippen molar-refractivity contribution >= 4 is 47.6 Å². The maximum absolute atomic E-state index is 13.5. The van der Waals surface area contributed by atoms with Gasteiger partial charge in [-0.3, -0.25) is 9.48 Å². The lowest BCUT2D eigenvalue weighted by atomic mass is 9.92. The minimum Gasteiger partial charge on any atom is -0.361 e. The van der Waals surface area contributed by atoms with E-state index in [1.54, 1.807) is 10.9 Å². The van der Waals surface area contributed by atoms with Gasteiger partial charge in [-0.15, -0.1) is 0 Å². The van der Waals surface area contributed by atoms with Gasteiger partial charge in [-0.25, -0.2) is 9.97 Å². The molecule has 5 rings (SSSR count). The normalized spacial score (nSPS) is 18.4. The lowest BCUT2D eigenvalue weighted by Crippen LogP contribution is -2.40. The number of carbonyl (C=O) groups is 1. The second-order valence-electron chi connectivity index (χ2n) is 11.5. The molecule has 0 bridgehead atoms. The average molecular weight is 554 g/mol. The van der Waals surface area contributed by atoms with E-state index in [-0.39, 0.29) is 18.0 Å². The van der Waals surface area contributed by atoms with Crippen molar-refractivity contribution in [2.75, 3.05) is 6.61 Å². The van der Waals surface area contributed by atoms with Gasteiger partial charge in [-0.1, -0.05) is 31.2 Å². The Bertz CT molecular complexity index is 1470. The van der Waals surface area contributed by atoms with Crippen LogP contribution in [0.3, 0.4) is 0 Å². The Hall–Kier alpha value is -2.79. The number of fused-ring (bicyclic) bond motifs is 2. The standard InChI is InChI=1S/C27H36ClN7O2Si/c1-34-23-13-17(28)5-10-20(23)24(33-34)22-14-30-26-25(32-22)21(15-35(26)16-37-11-12-38(2,3)4)27(36)31-19-8-6-18(29)7-9-19/h5,10,13-15,18-19H,6-9,11-12,16,29H2,1-4H3,(H,31,36)/t18-,19+. The first-order valence-corrected chi connectivity index (χ1v) is 17.3. The fraction of sp³-hybridized carbons (Fsp3) is 0.481. The Balaban J connectivity index is 1.50. The number of ether oxygens (including phenoxy) is 1. The van der Waals surface area contributed by atoms with Crippen molar-refractivity contribution in [2.45, 2.75) is 70.2 Å². The van der Waals surface area contributed by atoms with Crippen molar-refractivity contribution in [1.82, 2.24) is 29.6 Å². The van der Waals surface area contributed by atoms with E-state index in [4.69, 9.17) is 32.0 Å². The van der Waals surface area contributed by atoms with Gasteiger partial charge in [0, 0.05) is 50.4 Å². The minimum atomic E-state index is -1.21. The number of rotatable bonds is 8. The molecule has 1 aliphatic carbocycles. The summed E-state index contributed by atoms with van der Waals surface area (Å²) in [4.78, 5) is 23.2. The van der Waals surface area contributed by atoms with E-state index in [1.807, 2.05) is 36.0 Å². The molecule has 1 fully saturated rings. The first-order chi connectivity index (χ1) is 18.1. The highest BCUT2D eigenvalue weighted by atomic mass is 35.5. The number of benzene rings is 1. The van der Waals surface area contributed by atoms with E-state index in [9.17, 15) is 4.79 Å². The van der Waals surface area contributed by atoms with Crippen molar-refractivity contribution < 1.29 is 9.53 Å². The van der Waals surface area contributed by atoms with Gasteiger partial charge in [-0.2, -0.15) is 5.10 Å². The van der Waals surface area contributed by atoms with Gasteiger partial charge in [0.2, 0.25) is 0 Å². The summed E-state index contributed by atoms with van der Waals surface area (Å²) in [5.74, 6) is -0.152. The van der Waals surface area contributed by atoms with Gasteiger partial charge in [0.15, 0.2) is 5.65 Å². The number of aryl methyl sites for hydroxylation is 1. The molecule has 0 spiro atoms. The zero-order chi connectivity index (χ0) is 27.0. The van der Waals surface area contributed by atoms with Crippen LogP contribution in [0.1, 0.15) is 36.0 Å². The van der Waals surface area contributed by atoms with Gasteiger partial charge in [0.1, 0.15) is 23.6 Å². The number of nitrogens with two attached hydrogens (primary N) is 1. The van der Waals surface area contributed by atoms with Crippen LogP contribution in [-0.2, 0) is 18.5 Å². The Kier molecular flexibility index (Phi) is 7.59. The lowest BCUT2D eigenvalue weighted by Gasteiger charge is -2.26. The molecule has 38 heavy (non-hydrogen) atoms. The Labute approximate surface area is 228 Å². The van der Waals surface area contributed by atoms with Crippen LogP contribution in [0.5, 0.6) is 0 Å². The van der Waals surface area contributed by atoms with Crippen LogP contribution < -0.4 is 11.1 Å². The predicted octanol–water partition coefficient (Wildman–Crippen LogP) is 4.95. The number of halogens is 1. The number of aromatic nitrogens is 5. The lowest BCUT2D eigenvalue weighted by molar-refractivity contribution is 0.0887. The molecular formula is C27H36ClN7O2Si. The Morgan fingerprint density at radius 3 is 2.74 bits per heavy atom. The fourth-order valence-corrected chi connectivity index (χ4v) is 5.84. The van der Waals surface area contributed by atoms with E-state index in [0.29, 0.717) is 46.5 Å². The van der Waals surface area contributed by atoms with E-state index in [2.05, 4.69) is 30.1 Å². The van der Waals surface area contributed by atoms with E-state index in [0.717, 1.165) is 42.6 Å². The highest BCUT2D eigenvalue weighted by Crippen LogP contribution is 2.30. The van der Waals surface area contributed by atoms with Crippen molar-refractivity contribution in [3.05, 3.63) is 41.2 Å². The van der Waals surface area contributed by atoms with E-state index < -0.39 is 8.07 Å². The predicted molar refractivity (Wildman–Crippen MR) is 154 cm³/mol. The SMILES string of the molecule is Cn1nc(-c2cnc3c(n2)c(C(=O)N[C@H]2CC[C@@H](N)CC2)cn3COCC[Si](C)(C)C)c2ccc(Cl)cc21. The molecule has 0 aliphatic heterocycles. The van der Waals surface area contributed by atoms with E-state index in [1.165, 1.54) is 0 Å². The third-order valence-electron chi connectivity index (χ3n) is 7.20. The van der Waals surface area contributed by atoms with Crippen LogP contribution in [0.15, 0.2) is 30.6 Å². The quantitative estimate of drug-likeness (QED) is 0.236. The second kappa shape index (κ2) is 10.8. The van der Waals surface area contributed by atoms with E-state index >= 15 is 0 Å². The number of carbonyl (C=O) groups excluding carboxylic acids is 1. The molecule has 202 valence electrons. The summed E-state index contributed by atoms with van der Waals surface area (Å²) in [5, 5.41) is 9.45. The number of hydrogen-bond donors (Lipinski definition) is 2. The maximum Gasteiger partial charge on any atom is 0.255 e.